The van der Waals surface area contributed by atoms with Crippen LogP contribution in [-0.4, -0.2) is 17.4 Å². The molecule has 0 unspecified atom stereocenters. The first-order chi connectivity index (χ1) is 13.1. The number of benzene rings is 2. The number of amides is 1. The molecule has 0 saturated heterocycles. The Morgan fingerprint density at radius 1 is 1.07 bits per heavy atom. The largest absolute Gasteiger partial charge is 0.439 e. The van der Waals surface area contributed by atoms with Gasteiger partial charge < -0.3 is 15.8 Å². The SMILES string of the molecule is NC(=O)c1ccc(Oc2ccc(CNCCc3ccccc3Cl)cc2)nc1. The lowest BCUT2D eigenvalue weighted by atomic mass is 10.1. The van der Waals surface area contributed by atoms with Crippen molar-refractivity contribution in [3.05, 3.63) is 88.6 Å². The first kappa shape index (κ1) is 18.9. The van der Waals surface area contributed by atoms with Gasteiger partial charge in [0.15, 0.2) is 0 Å². The van der Waals surface area contributed by atoms with Gasteiger partial charge in [-0.3, -0.25) is 4.79 Å². The summed E-state index contributed by atoms with van der Waals surface area (Å²) >= 11 is 6.16. The van der Waals surface area contributed by atoms with Gasteiger partial charge in [0.05, 0.1) is 5.56 Å². The Kier molecular flexibility index (Phi) is 6.41. The number of pyridine rings is 1. The number of hydrogen-bond donors (Lipinski definition) is 2. The third-order valence-electron chi connectivity index (χ3n) is 4.02. The van der Waals surface area contributed by atoms with E-state index < -0.39 is 5.91 Å². The van der Waals surface area contributed by atoms with Crippen LogP contribution in [0.3, 0.4) is 0 Å². The lowest BCUT2D eigenvalue weighted by molar-refractivity contribution is 0.1000. The molecule has 6 heteroatoms. The number of nitrogens with zero attached hydrogens (tertiary/aromatic N) is 1. The van der Waals surface area contributed by atoms with Crippen molar-refractivity contribution in [2.24, 2.45) is 5.73 Å². The van der Waals surface area contributed by atoms with E-state index in [-0.39, 0.29) is 0 Å². The normalized spacial score (nSPS) is 10.6. The second kappa shape index (κ2) is 9.16. The zero-order chi connectivity index (χ0) is 19.1. The molecule has 2 aromatic carbocycles. The Hall–Kier alpha value is -2.89. The van der Waals surface area contributed by atoms with Crippen LogP contribution in [0, 0.1) is 0 Å². The quantitative estimate of drug-likeness (QED) is 0.579. The van der Waals surface area contributed by atoms with Crippen LogP contribution in [0.15, 0.2) is 66.9 Å². The smallest absolute Gasteiger partial charge is 0.250 e. The second-order valence-corrected chi connectivity index (χ2v) is 6.42. The standard InChI is InChI=1S/C21H20ClN3O2/c22-19-4-2-1-3-16(19)11-12-24-13-15-5-8-18(9-6-15)27-20-10-7-17(14-25-20)21(23)26/h1-10,14,24H,11-13H2,(H2,23,26). The van der Waals surface area contributed by atoms with Crippen LogP contribution in [0.2, 0.25) is 5.02 Å². The van der Waals surface area contributed by atoms with Crippen molar-refractivity contribution in [2.45, 2.75) is 13.0 Å². The van der Waals surface area contributed by atoms with Crippen LogP contribution in [0.5, 0.6) is 11.6 Å². The van der Waals surface area contributed by atoms with Crippen LogP contribution >= 0.6 is 11.6 Å². The molecule has 3 N–H and O–H groups in total. The summed E-state index contributed by atoms with van der Waals surface area (Å²) in [5.74, 6) is 0.570. The van der Waals surface area contributed by atoms with Gasteiger partial charge in [-0.15, -0.1) is 0 Å². The maximum absolute atomic E-state index is 11.0. The van der Waals surface area contributed by atoms with E-state index in [2.05, 4.69) is 10.3 Å². The fourth-order valence-corrected chi connectivity index (χ4v) is 2.77. The lowest BCUT2D eigenvalue weighted by Crippen LogP contribution is -2.16. The van der Waals surface area contributed by atoms with Gasteiger partial charge in [-0.2, -0.15) is 0 Å². The molecule has 3 rings (SSSR count). The van der Waals surface area contributed by atoms with Crippen molar-refractivity contribution in [3.8, 4) is 11.6 Å². The van der Waals surface area contributed by atoms with Crippen molar-refractivity contribution in [3.63, 3.8) is 0 Å². The maximum atomic E-state index is 11.0. The Labute approximate surface area is 163 Å². The topological polar surface area (TPSA) is 77.2 Å². The number of halogens is 1. The van der Waals surface area contributed by atoms with Crippen LogP contribution in [0.1, 0.15) is 21.5 Å². The summed E-state index contributed by atoms with van der Waals surface area (Å²) in [6.07, 6.45) is 2.28. The maximum Gasteiger partial charge on any atom is 0.250 e. The van der Waals surface area contributed by atoms with Crippen molar-refractivity contribution >= 4 is 17.5 Å². The lowest BCUT2D eigenvalue weighted by Gasteiger charge is -2.08. The van der Waals surface area contributed by atoms with E-state index in [1.54, 1.807) is 12.1 Å². The number of aromatic nitrogens is 1. The molecule has 0 aliphatic rings. The molecule has 5 nitrogen and oxygen atoms in total. The Morgan fingerprint density at radius 3 is 2.52 bits per heavy atom. The van der Waals surface area contributed by atoms with Gasteiger partial charge in [-0.05, 0) is 48.4 Å². The van der Waals surface area contributed by atoms with Crippen molar-refractivity contribution < 1.29 is 9.53 Å². The molecule has 0 bridgehead atoms. The fourth-order valence-electron chi connectivity index (χ4n) is 2.54. The predicted octanol–water partition coefficient (Wildman–Crippen LogP) is 3.96. The molecular weight excluding hydrogens is 362 g/mol. The molecule has 0 aliphatic carbocycles. The summed E-state index contributed by atoms with van der Waals surface area (Å²) in [4.78, 5) is 15.1. The monoisotopic (exact) mass is 381 g/mol. The van der Waals surface area contributed by atoms with E-state index in [0.717, 1.165) is 35.7 Å². The van der Waals surface area contributed by atoms with E-state index in [1.807, 2.05) is 48.5 Å². The highest BCUT2D eigenvalue weighted by Gasteiger charge is 2.03. The molecule has 1 amide bonds. The van der Waals surface area contributed by atoms with Gasteiger partial charge in [0.25, 0.3) is 0 Å². The summed E-state index contributed by atoms with van der Waals surface area (Å²) in [7, 11) is 0. The summed E-state index contributed by atoms with van der Waals surface area (Å²) in [5, 5.41) is 4.21. The Balaban J connectivity index is 1.47. The number of rotatable bonds is 8. The van der Waals surface area contributed by atoms with Crippen LogP contribution in [-0.2, 0) is 13.0 Å². The van der Waals surface area contributed by atoms with Crippen molar-refractivity contribution in [2.75, 3.05) is 6.54 Å². The zero-order valence-corrected chi connectivity index (χ0v) is 15.4. The minimum absolute atomic E-state index is 0.348. The van der Waals surface area contributed by atoms with E-state index >= 15 is 0 Å². The summed E-state index contributed by atoms with van der Waals surface area (Å²) < 4.78 is 5.67. The van der Waals surface area contributed by atoms with Gasteiger partial charge in [0.2, 0.25) is 11.8 Å². The summed E-state index contributed by atoms with van der Waals surface area (Å²) in [6, 6.07) is 18.8. The Bertz CT molecular complexity index is 896. The molecule has 0 spiro atoms. The molecule has 1 heterocycles. The average Bonchev–Trinajstić information content (AvgIpc) is 2.68. The molecular formula is C21H20ClN3O2. The van der Waals surface area contributed by atoms with Crippen molar-refractivity contribution in [1.82, 2.24) is 10.3 Å². The van der Waals surface area contributed by atoms with Gasteiger partial charge >= 0.3 is 0 Å². The number of carbonyl (C=O) groups is 1. The minimum atomic E-state index is -0.513. The first-order valence-electron chi connectivity index (χ1n) is 8.58. The molecule has 138 valence electrons. The number of ether oxygens (including phenoxy) is 1. The van der Waals surface area contributed by atoms with Crippen molar-refractivity contribution in [1.29, 1.82) is 0 Å². The first-order valence-corrected chi connectivity index (χ1v) is 8.96. The zero-order valence-electron chi connectivity index (χ0n) is 14.7. The third-order valence-corrected chi connectivity index (χ3v) is 4.39. The fraction of sp³-hybridized carbons (Fsp3) is 0.143. The Morgan fingerprint density at radius 2 is 1.85 bits per heavy atom. The molecule has 1 aromatic heterocycles. The van der Waals surface area contributed by atoms with Gasteiger partial charge in [0.1, 0.15) is 5.75 Å². The molecule has 3 aromatic rings. The van der Waals surface area contributed by atoms with Crippen LogP contribution in [0.25, 0.3) is 0 Å². The number of primary amides is 1. The minimum Gasteiger partial charge on any atom is -0.439 e. The predicted molar refractivity (Wildman–Crippen MR) is 106 cm³/mol. The third kappa shape index (κ3) is 5.54. The molecule has 0 aliphatic heterocycles. The van der Waals surface area contributed by atoms with E-state index in [0.29, 0.717) is 17.2 Å². The molecule has 0 radical (unpaired) electrons. The molecule has 0 saturated carbocycles. The summed E-state index contributed by atoms with van der Waals surface area (Å²) in [5.41, 5.74) is 7.83. The molecule has 27 heavy (non-hydrogen) atoms. The highest BCUT2D eigenvalue weighted by molar-refractivity contribution is 6.31. The van der Waals surface area contributed by atoms with Gasteiger partial charge in [0, 0.05) is 23.8 Å². The van der Waals surface area contributed by atoms with E-state index in [9.17, 15) is 4.79 Å². The van der Waals surface area contributed by atoms with Gasteiger partial charge in [-0.25, -0.2) is 4.98 Å². The average molecular weight is 382 g/mol. The number of nitrogens with one attached hydrogen (secondary N) is 1. The van der Waals surface area contributed by atoms with Crippen LogP contribution < -0.4 is 15.8 Å². The number of carbonyl (C=O) groups excluding carboxylic acids is 1. The number of hydrogen-bond acceptors (Lipinski definition) is 4. The molecule has 0 fully saturated rings. The van der Waals surface area contributed by atoms with E-state index in [4.69, 9.17) is 22.1 Å². The number of nitrogens with two attached hydrogens (primary N) is 1. The summed E-state index contributed by atoms with van der Waals surface area (Å²) in [6.45, 7) is 1.61. The van der Waals surface area contributed by atoms with Crippen LogP contribution in [0.4, 0.5) is 0 Å². The highest BCUT2D eigenvalue weighted by Crippen LogP contribution is 2.20. The highest BCUT2D eigenvalue weighted by atomic mass is 35.5. The van der Waals surface area contributed by atoms with Gasteiger partial charge in [-0.1, -0.05) is 41.9 Å². The van der Waals surface area contributed by atoms with E-state index in [1.165, 1.54) is 6.20 Å². The molecule has 0 atom stereocenters. The second-order valence-electron chi connectivity index (χ2n) is 6.01.